The molecular weight excluding hydrogens is 444 g/mol. The Morgan fingerprint density at radius 2 is 1.89 bits per heavy atom. The number of methoxy groups -OCH3 is 3. The molecule has 0 aliphatic carbocycles. The van der Waals surface area contributed by atoms with E-state index in [0.29, 0.717) is 19.1 Å². The van der Waals surface area contributed by atoms with Crippen LogP contribution >= 0.6 is 0 Å². The summed E-state index contributed by atoms with van der Waals surface area (Å²) >= 11 is 0. The number of aromatic nitrogens is 2. The maximum Gasteiger partial charge on any atom is 0.246 e. The molecule has 0 bridgehead atoms. The van der Waals surface area contributed by atoms with Crippen LogP contribution in [-0.2, 0) is 9.53 Å². The number of amides is 1. The number of ether oxygens (including phenoxy) is 3. The molecule has 0 saturated carbocycles. The molecule has 2 heterocycles. The fraction of sp³-hybridized carbons (Fsp3) is 0.370. The third-order valence-electron chi connectivity index (χ3n) is 6.62. The number of hydrogen-bond acceptors (Lipinski definition) is 7. The number of likely N-dealkylation sites (tertiary alicyclic amines) is 1. The maximum absolute atomic E-state index is 12.2. The van der Waals surface area contributed by atoms with Gasteiger partial charge in [-0.25, -0.2) is 9.97 Å². The van der Waals surface area contributed by atoms with E-state index >= 15 is 0 Å². The molecule has 1 aliphatic heterocycles. The van der Waals surface area contributed by atoms with Crippen molar-refractivity contribution in [3.8, 4) is 22.6 Å². The first-order valence-electron chi connectivity index (χ1n) is 11.6. The highest BCUT2D eigenvalue weighted by molar-refractivity contribution is 5.88. The Hall–Kier alpha value is -3.65. The maximum atomic E-state index is 12.2. The Kier molecular flexibility index (Phi) is 7.21. The van der Waals surface area contributed by atoms with Gasteiger partial charge in [0.2, 0.25) is 11.9 Å². The lowest BCUT2D eigenvalue weighted by Gasteiger charge is -2.22. The van der Waals surface area contributed by atoms with E-state index in [1.54, 1.807) is 26.2 Å². The summed E-state index contributed by atoms with van der Waals surface area (Å²) in [5.74, 6) is 2.01. The van der Waals surface area contributed by atoms with Crippen LogP contribution in [0.3, 0.4) is 0 Å². The number of hydrogen-bond donors (Lipinski definition) is 1. The Morgan fingerprint density at radius 3 is 2.51 bits per heavy atom. The number of nitrogens with zero attached hydrogens (tertiary/aromatic N) is 3. The summed E-state index contributed by atoms with van der Waals surface area (Å²) in [6.07, 6.45) is 3.92. The van der Waals surface area contributed by atoms with Gasteiger partial charge in [-0.1, -0.05) is 12.6 Å². The van der Waals surface area contributed by atoms with Crippen molar-refractivity contribution in [3.63, 3.8) is 0 Å². The summed E-state index contributed by atoms with van der Waals surface area (Å²) in [7, 11) is 4.97. The molecule has 35 heavy (non-hydrogen) atoms. The quantitative estimate of drug-likeness (QED) is 0.489. The average Bonchev–Trinajstić information content (AvgIpc) is 3.26. The molecule has 0 spiro atoms. The molecule has 1 saturated heterocycles. The largest absolute Gasteiger partial charge is 0.496 e. The lowest BCUT2D eigenvalue weighted by molar-refractivity contribution is -0.127. The number of benzene rings is 2. The van der Waals surface area contributed by atoms with Crippen LogP contribution in [-0.4, -0.2) is 67.3 Å². The second kappa shape index (κ2) is 10.3. The minimum Gasteiger partial charge on any atom is -0.496 e. The van der Waals surface area contributed by atoms with Gasteiger partial charge < -0.3 is 24.4 Å². The van der Waals surface area contributed by atoms with Gasteiger partial charge in [-0.15, -0.1) is 0 Å². The highest BCUT2D eigenvalue weighted by atomic mass is 16.5. The lowest BCUT2D eigenvalue weighted by Crippen LogP contribution is -2.37. The fourth-order valence-electron chi connectivity index (χ4n) is 4.92. The van der Waals surface area contributed by atoms with Crippen molar-refractivity contribution in [1.29, 1.82) is 0 Å². The van der Waals surface area contributed by atoms with Crippen LogP contribution in [0.2, 0.25) is 0 Å². The van der Waals surface area contributed by atoms with E-state index in [0.717, 1.165) is 51.1 Å². The Morgan fingerprint density at radius 1 is 1.17 bits per heavy atom. The fourth-order valence-corrected chi connectivity index (χ4v) is 4.92. The van der Waals surface area contributed by atoms with Gasteiger partial charge in [0.15, 0.2) is 0 Å². The van der Waals surface area contributed by atoms with Gasteiger partial charge in [0.1, 0.15) is 11.5 Å². The molecule has 1 amide bonds. The number of rotatable bonds is 8. The van der Waals surface area contributed by atoms with E-state index in [2.05, 4.69) is 29.0 Å². The van der Waals surface area contributed by atoms with E-state index in [-0.39, 0.29) is 18.0 Å². The van der Waals surface area contributed by atoms with Crippen molar-refractivity contribution in [2.24, 2.45) is 0 Å². The minimum atomic E-state index is -0.0944. The molecule has 1 aromatic heterocycles. The van der Waals surface area contributed by atoms with Crippen molar-refractivity contribution >= 4 is 22.8 Å². The summed E-state index contributed by atoms with van der Waals surface area (Å²) in [5, 5.41) is 4.32. The third kappa shape index (κ3) is 4.79. The van der Waals surface area contributed by atoms with E-state index in [4.69, 9.17) is 19.2 Å². The molecule has 1 N–H and O–H groups in total. The SMILES string of the molecule is C=CC(=O)N1CC(Nc2ncc3cc(-c4c(C)c(OC)cc(OC)c4C)ccc3n2)CC1COC. The first kappa shape index (κ1) is 24.5. The summed E-state index contributed by atoms with van der Waals surface area (Å²) < 4.78 is 16.4. The first-order chi connectivity index (χ1) is 16.9. The van der Waals surface area contributed by atoms with Crippen LogP contribution in [0, 0.1) is 13.8 Å². The van der Waals surface area contributed by atoms with Crippen LogP contribution in [0.4, 0.5) is 5.95 Å². The number of carbonyl (C=O) groups excluding carboxylic acids is 1. The van der Waals surface area contributed by atoms with Crippen molar-refractivity contribution in [1.82, 2.24) is 14.9 Å². The minimum absolute atomic E-state index is 0.00245. The van der Waals surface area contributed by atoms with E-state index in [1.807, 2.05) is 32.2 Å². The van der Waals surface area contributed by atoms with Crippen molar-refractivity contribution in [3.05, 3.63) is 54.2 Å². The van der Waals surface area contributed by atoms with Crippen molar-refractivity contribution < 1.29 is 19.0 Å². The lowest BCUT2D eigenvalue weighted by atomic mass is 9.93. The molecule has 3 aromatic rings. The molecule has 8 heteroatoms. The van der Waals surface area contributed by atoms with Gasteiger partial charge in [-0.2, -0.15) is 0 Å². The number of carbonyl (C=O) groups is 1. The molecule has 4 rings (SSSR count). The standard InChI is InChI=1S/C27H32N4O4/c1-7-25(32)31-14-20(11-21(31)15-33-4)29-27-28-13-19-10-18(8-9-22(19)30-27)26-16(2)23(34-5)12-24(35-6)17(26)3/h7-10,12-13,20-21H,1,11,14-15H2,2-6H3,(H,28,29,30). The molecule has 1 fully saturated rings. The molecule has 184 valence electrons. The molecule has 2 unspecified atom stereocenters. The molecule has 0 radical (unpaired) electrons. The highest BCUT2D eigenvalue weighted by Crippen LogP contribution is 2.39. The van der Waals surface area contributed by atoms with Crippen LogP contribution in [0.5, 0.6) is 11.5 Å². The van der Waals surface area contributed by atoms with Crippen LogP contribution in [0.1, 0.15) is 17.5 Å². The van der Waals surface area contributed by atoms with Gasteiger partial charge in [-0.3, -0.25) is 4.79 Å². The predicted molar refractivity (Wildman–Crippen MR) is 137 cm³/mol. The summed E-state index contributed by atoms with van der Waals surface area (Å²) in [4.78, 5) is 23.3. The molecule has 8 nitrogen and oxygen atoms in total. The predicted octanol–water partition coefficient (Wildman–Crippen LogP) is 4.14. The van der Waals surface area contributed by atoms with Gasteiger partial charge in [-0.05, 0) is 60.7 Å². The first-order valence-corrected chi connectivity index (χ1v) is 11.6. The third-order valence-corrected chi connectivity index (χ3v) is 6.62. The summed E-state index contributed by atoms with van der Waals surface area (Å²) in [6, 6.07) is 8.09. The molecule has 2 aromatic carbocycles. The normalized spacial score (nSPS) is 17.5. The van der Waals surface area contributed by atoms with Gasteiger partial charge in [0, 0.05) is 37.3 Å². The second-order valence-electron chi connectivity index (χ2n) is 8.75. The van der Waals surface area contributed by atoms with Crippen molar-refractivity contribution in [2.45, 2.75) is 32.4 Å². The van der Waals surface area contributed by atoms with Crippen LogP contribution < -0.4 is 14.8 Å². The number of nitrogens with one attached hydrogen (secondary N) is 1. The number of fused-ring (bicyclic) bond motifs is 1. The van der Waals surface area contributed by atoms with Crippen LogP contribution in [0.15, 0.2) is 43.1 Å². The van der Waals surface area contributed by atoms with Crippen LogP contribution in [0.25, 0.3) is 22.0 Å². The smallest absolute Gasteiger partial charge is 0.246 e. The summed E-state index contributed by atoms with van der Waals surface area (Å²) in [5.41, 5.74) is 5.06. The summed E-state index contributed by atoms with van der Waals surface area (Å²) in [6.45, 7) is 8.74. The van der Waals surface area contributed by atoms with Gasteiger partial charge in [0.05, 0.1) is 32.4 Å². The zero-order valence-electron chi connectivity index (χ0n) is 20.9. The van der Waals surface area contributed by atoms with E-state index in [1.165, 1.54) is 6.08 Å². The van der Waals surface area contributed by atoms with E-state index < -0.39 is 0 Å². The van der Waals surface area contributed by atoms with Gasteiger partial charge in [0.25, 0.3) is 0 Å². The average molecular weight is 477 g/mol. The molecule has 1 aliphatic rings. The number of anilines is 1. The Bertz CT molecular complexity index is 1230. The monoisotopic (exact) mass is 476 g/mol. The zero-order valence-corrected chi connectivity index (χ0v) is 20.9. The topological polar surface area (TPSA) is 85.8 Å². The molecular formula is C27H32N4O4. The van der Waals surface area contributed by atoms with Gasteiger partial charge >= 0.3 is 0 Å². The Labute approximate surface area is 205 Å². The Balaban J connectivity index is 1.60. The van der Waals surface area contributed by atoms with E-state index in [9.17, 15) is 4.79 Å². The molecule has 2 atom stereocenters. The highest BCUT2D eigenvalue weighted by Gasteiger charge is 2.34. The zero-order chi connectivity index (χ0) is 25.1. The van der Waals surface area contributed by atoms with Crippen molar-refractivity contribution in [2.75, 3.05) is 39.8 Å². The second-order valence-corrected chi connectivity index (χ2v) is 8.75.